The van der Waals surface area contributed by atoms with Gasteiger partial charge in [0.25, 0.3) is 5.91 Å². The summed E-state index contributed by atoms with van der Waals surface area (Å²) >= 11 is 0. The molecule has 1 aromatic carbocycles. The van der Waals surface area contributed by atoms with Crippen LogP contribution in [-0.2, 0) is 0 Å². The molecule has 20 heavy (non-hydrogen) atoms. The minimum Gasteiger partial charge on any atom is -0.322 e. The Balaban J connectivity index is 2.24. The lowest BCUT2D eigenvalue weighted by Gasteiger charge is -2.16. The number of pyridine rings is 1. The van der Waals surface area contributed by atoms with E-state index in [9.17, 15) is 4.79 Å². The van der Waals surface area contributed by atoms with Crippen LogP contribution in [0.5, 0.6) is 0 Å². The van der Waals surface area contributed by atoms with Gasteiger partial charge >= 0.3 is 0 Å². The molecular weight excluding hydrogens is 250 g/mol. The van der Waals surface area contributed by atoms with E-state index >= 15 is 0 Å². The fourth-order valence-electron chi connectivity index (χ4n) is 2.03. The van der Waals surface area contributed by atoms with E-state index in [0.29, 0.717) is 5.56 Å². The van der Waals surface area contributed by atoms with Gasteiger partial charge in [-0.2, -0.15) is 0 Å². The normalized spacial score (nSPS) is 11.9. The highest BCUT2D eigenvalue weighted by Crippen LogP contribution is 2.22. The maximum absolute atomic E-state index is 12.3. The van der Waals surface area contributed by atoms with Crippen molar-refractivity contribution in [3.8, 4) is 0 Å². The van der Waals surface area contributed by atoms with E-state index in [4.69, 9.17) is 0 Å². The summed E-state index contributed by atoms with van der Waals surface area (Å²) in [5.41, 5.74) is 3.34. The maximum Gasteiger partial charge on any atom is 0.255 e. The molecule has 1 amide bonds. The Hall–Kier alpha value is -2.20. The lowest BCUT2D eigenvalue weighted by Crippen LogP contribution is -2.18. The van der Waals surface area contributed by atoms with Gasteiger partial charge in [-0.1, -0.05) is 18.2 Å². The van der Waals surface area contributed by atoms with Gasteiger partial charge in [-0.15, -0.1) is 0 Å². The zero-order valence-electron chi connectivity index (χ0n) is 12.0. The molecule has 1 heterocycles. The number of anilines is 1. The third kappa shape index (κ3) is 3.22. The van der Waals surface area contributed by atoms with E-state index in [-0.39, 0.29) is 11.9 Å². The van der Waals surface area contributed by atoms with Gasteiger partial charge in [0.2, 0.25) is 0 Å². The van der Waals surface area contributed by atoms with Gasteiger partial charge in [-0.05, 0) is 44.7 Å². The second-order valence-corrected chi connectivity index (χ2v) is 4.74. The Kier molecular flexibility index (Phi) is 4.48. The number of hydrogen-bond donors (Lipinski definition) is 2. The van der Waals surface area contributed by atoms with Crippen molar-refractivity contribution < 1.29 is 4.79 Å². The summed E-state index contributed by atoms with van der Waals surface area (Å²) in [5.74, 6) is -0.119. The van der Waals surface area contributed by atoms with Crippen molar-refractivity contribution in [2.45, 2.75) is 19.9 Å². The second kappa shape index (κ2) is 6.30. The number of rotatable bonds is 4. The molecule has 4 nitrogen and oxygen atoms in total. The molecule has 0 saturated carbocycles. The number of aryl methyl sites for hydroxylation is 1. The molecule has 4 heteroatoms. The largest absolute Gasteiger partial charge is 0.322 e. The number of hydrogen-bond acceptors (Lipinski definition) is 3. The topological polar surface area (TPSA) is 54.0 Å². The summed E-state index contributed by atoms with van der Waals surface area (Å²) in [5, 5.41) is 6.14. The summed E-state index contributed by atoms with van der Waals surface area (Å²) in [6.45, 7) is 3.93. The van der Waals surface area contributed by atoms with Crippen LogP contribution >= 0.6 is 0 Å². The zero-order valence-corrected chi connectivity index (χ0v) is 12.0. The summed E-state index contributed by atoms with van der Waals surface area (Å²) in [6, 6.07) is 11.5. The highest BCUT2D eigenvalue weighted by atomic mass is 16.1. The molecular formula is C16H19N3O. The first-order chi connectivity index (χ1) is 9.61. The minimum absolute atomic E-state index is 0.119. The molecule has 0 aliphatic heterocycles. The third-order valence-corrected chi connectivity index (χ3v) is 3.27. The van der Waals surface area contributed by atoms with E-state index in [1.165, 1.54) is 0 Å². The Bertz CT molecular complexity index is 610. The van der Waals surface area contributed by atoms with Crippen molar-refractivity contribution in [2.24, 2.45) is 0 Å². The minimum atomic E-state index is -0.119. The van der Waals surface area contributed by atoms with Gasteiger partial charge in [-0.25, -0.2) is 0 Å². The Morgan fingerprint density at radius 3 is 2.70 bits per heavy atom. The van der Waals surface area contributed by atoms with Gasteiger partial charge in [0, 0.05) is 29.2 Å². The molecule has 2 rings (SSSR count). The predicted molar refractivity (Wildman–Crippen MR) is 80.8 cm³/mol. The van der Waals surface area contributed by atoms with Gasteiger partial charge < -0.3 is 10.6 Å². The van der Waals surface area contributed by atoms with Crippen LogP contribution in [-0.4, -0.2) is 17.9 Å². The van der Waals surface area contributed by atoms with Crippen LogP contribution in [0.25, 0.3) is 0 Å². The monoisotopic (exact) mass is 269 g/mol. The van der Waals surface area contributed by atoms with Crippen LogP contribution in [0.2, 0.25) is 0 Å². The average Bonchev–Trinajstić information content (AvgIpc) is 2.47. The molecule has 0 spiro atoms. The smallest absolute Gasteiger partial charge is 0.255 e. The highest BCUT2D eigenvalue weighted by Gasteiger charge is 2.12. The molecule has 1 aromatic heterocycles. The Morgan fingerprint density at radius 2 is 2.00 bits per heavy atom. The summed E-state index contributed by atoms with van der Waals surface area (Å²) in [6.07, 6.45) is 1.65. The van der Waals surface area contributed by atoms with Crippen molar-refractivity contribution in [1.82, 2.24) is 10.3 Å². The number of aromatic nitrogens is 1. The van der Waals surface area contributed by atoms with Crippen molar-refractivity contribution in [1.29, 1.82) is 0 Å². The van der Waals surface area contributed by atoms with Gasteiger partial charge in [0.15, 0.2) is 0 Å². The Morgan fingerprint density at radius 1 is 1.25 bits per heavy atom. The molecule has 0 radical (unpaired) electrons. The summed E-state index contributed by atoms with van der Waals surface area (Å²) < 4.78 is 0. The van der Waals surface area contributed by atoms with Crippen LogP contribution in [0.15, 0.2) is 42.6 Å². The van der Waals surface area contributed by atoms with Crippen molar-refractivity contribution in [3.63, 3.8) is 0 Å². The number of benzene rings is 1. The van der Waals surface area contributed by atoms with Crippen molar-refractivity contribution in [2.75, 3.05) is 12.4 Å². The van der Waals surface area contributed by atoms with Gasteiger partial charge in [-0.3, -0.25) is 9.78 Å². The fourth-order valence-corrected chi connectivity index (χ4v) is 2.03. The number of nitrogens with zero attached hydrogens (tertiary/aromatic N) is 1. The number of para-hydroxylation sites is 1. The molecule has 104 valence electrons. The zero-order chi connectivity index (χ0) is 14.5. The van der Waals surface area contributed by atoms with Crippen LogP contribution in [0.4, 0.5) is 5.69 Å². The SMILES string of the molecule is CNC(C)c1ccccc1NC(=O)c1ccnc(C)c1. The van der Waals surface area contributed by atoms with Crippen molar-refractivity contribution in [3.05, 3.63) is 59.4 Å². The molecule has 1 unspecified atom stereocenters. The lowest BCUT2D eigenvalue weighted by atomic mass is 10.1. The molecule has 0 bridgehead atoms. The van der Waals surface area contributed by atoms with E-state index in [1.807, 2.05) is 38.2 Å². The Labute approximate surface area is 119 Å². The quantitative estimate of drug-likeness (QED) is 0.897. The molecule has 0 aliphatic rings. The van der Waals surface area contributed by atoms with Crippen LogP contribution < -0.4 is 10.6 Å². The van der Waals surface area contributed by atoms with E-state index in [0.717, 1.165) is 16.9 Å². The predicted octanol–water partition coefficient (Wildman–Crippen LogP) is 2.92. The maximum atomic E-state index is 12.3. The number of carbonyl (C=O) groups excluding carboxylic acids is 1. The molecule has 0 fully saturated rings. The third-order valence-electron chi connectivity index (χ3n) is 3.27. The van der Waals surface area contributed by atoms with Crippen LogP contribution in [0.3, 0.4) is 0 Å². The second-order valence-electron chi connectivity index (χ2n) is 4.74. The lowest BCUT2D eigenvalue weighted by molar-refractivity contribution is 0.102. The number of amides is 1. The standard InChI is InChI=1S/C16H19N3O/c1-11-10-13(8-9-18-11)16(20)19-15-7-5-4-6-14(15)12(2)17-3/h4-10,12,17H,1-3H3,(H,19,20). The fraction of sp³-hybridized carbons (Fsp3) is 0.250. The number of carbonyl (C=O) groups is 1. The first-order valence-corrected chi connectivity index (χ1v) is 6.62. The number of nitrogens with one attached hydrogen (secondary N) is 2. The van der Waals surface area contributed by atoms with E-state index in [1.54, 1.807) is 18.3 Å². The summed E-state index contributed by atoms with van der Waals surface area (Å²) in [7, 11) is 1.90. The van der Waals surface area contributed by atoms with Crippen LogP contribution in [0.1, 0.15) is 34.6 Å². The molecule has 1 atom stereocenters. The first kappa shape index (κ1) is 14.2. The summed E-state index contributed by atoms with van der Waals surface area (Å²) in [4.78, 5) is 16.4. The van der Waals surface area contributed by atoms with Crippen LogP contribution in [0, 0.1) is 6.92 Å². The van der Waals surface area contributed by atoms with E-state index < -0.39 is 0 Å². The highest BCUT2D eigenvalue weighted by molar-refractivity contribution is 6.04. The van der Waals surface area contributed by atoms with Crippen molar-refractivity contribution >= 4 is 11.6 Å². The van der Waals surface area contributed by atoms with Gasteiger partial charge in [0.05, 0.1) is 0 Å². The molecule has 0 aliphatic carbocycles. The average molecular weight is 269 g/mol. The molecule has 0 saturated heterocycles. The molecule has 2 N–H and O–H groups in total. The van der Waals surface area contributed by atoms with E-state index in [2.05, 4.69) is 22.5 Å². The first-order valence-electron chi connectivity index (χ1n) is 6.62. The van der Waals surface area contributed by atoms with Gasteiger partial charge in [0.1, 0.15) is 0 Å². The molecule has 2 aromatic rings.